The van der Waals surface area contributed by atoms with Gasteiger partial charge in [0.05, 0.1) is 15.7 Å². The van der Waals surface area contributed by atoms with Crippen LogP contribution in [0.15, 0.2) is 35.3 Å². The lowest BCUT2D eigenvalue weighted by Crippen LogP contribution is -2.20. The topological polar surface area (TPSA) is 32.9 Å². The number of hydrogen-bond acceptors (Lipinski definition) is 1. The normalized spacial score (nSPS) is 11.6. The molecule has 19 heavy (non-hydrogen) atoms. The molecule has 7 heteroatoms. The van der Waals surface area contributed by atoms with Gasteiger partial charge in [-0.15, -0.1) is 0 Å². The molecule has 0 radical (unpaired) electrons. The van der Waals surface area contributed by atoms with E-state index >= 15 is 0 Å². The molecule has 0 aliphatic rings. The minimum atomic E-state index is -4.80. The van der Waals surface area contributed by atoms with Gasteiger partial charge in [0.15, 0.2) is 5.43 Å². The number of hydrogen-bond donors (Lipinski definition) is 1. The summed E-state index contributed by atoms with van der Waals surface area (Å²) in [5.74, 6) is 0. The lowest BCUT2D eigenvalue weighted by molar-refractivity contribution is -0.138. The van der Waals surface area contributed by atoms with Crippen molar-refractivity contribution in [3.05, 3.63) is 56.3 Å². The zero-order valence-electron chi connectivity index (χ0n) is 9.18. The molecule has 0 bridgehead atoms. The van der Waals surface area contributed by atoms with E-state index in [4.69, 9.17) is 23.2 Å². The smallest absolute Gasteiger partial charge is 0.360 e. The van der Waals surface area contributed by atoms with Crippen molar-refractivity contribution < 1.29 is 13.2 Å². The second-order valence-electron chi connectivity index (χ2n) is 3.69. The Bertz CT molecular complexity index is 659. The maximum absolute atomic E-state index is 13.0. The fourth-order valence-corrected chi connectivity index (χ4v) is 2.28. The van der Waals surface area contributed by atoms with E-state index in [0.29, 0.717) is 0 Å². The zero-order valence-corrected chi connectivity index (χ0v) is 10.7. The molecule has 0 fully saturated rings. The van der Waals surface area contributed by atoms with Crippen molar-refractivity contribution in [2.45, 2.75) is 6.18 Å². The highest BCUT2D eigenvalue weighted by molar-refractivity contribution is 6.39. The third-order valence-electron chi connectivity index (χ3n) is 2.46. The molecule has 0 saturated heterocycles. The van der Waals surface area contributed by atoms with Gasteiger partial charge < -0.3 is 4.98 Å². The van der Waals surface area contributed by atoms with Crippen LogP contribution in [0.25, 0.3) is 11.3 Å². The second kappa shape index (κ2) is 4.90. The minimum absolute atomic E-state index is 0.0276. The van der Waals surface area contributed by atoms with Crippen molar-refractivity contribution in [1.29, 1.82) is 0 Å². The van der Waals surface area contributed by atoms with Gasteiger partial charge in [-0.3, -0.25) is 4.79 Å². The van der Waals surface area contributed by atoms with E-state index in [1.165, 1.54) is 18.2 Å². The molecule has 0 spiro atoms. The Hall–Kier alpha value is -1.46. The fourth-order valence-electron chi connectivity index (χ4n) is 1.69. The summed E-state index contributed by atoms with van der Waals surface area (Å²) < 4.78 is 38.9. The largest absolute Gasteiger partial charge is 0.422 e. The lowest BCUT2D eigenvalue weighted by Gasteiger charge is -2.13. The van der Waals surface area contributed by atoms with Crippen molar-refractivity contribution in [3.63, 3.8) is 0 Å². The predicted octanol–water partition coefficient (Wildman–Crippen LogP) is 4.37. The molecular formula is C12H6Cl2F3NO. The second-order valence-corrected chi connectivity index (χ2v) is 4.50. The molecular weight excluding hydrogens is 302 g/mol. The van der Waals surface area contributed by atoms with Crippen LogP contribution in [0, 0.1) is 0 Å². The van der Waals surface area contributed by atoms with E-state index in [1.54, 1.807) is 0 Å². The molecule has 1 N–H and O–H groups in total. The van der Waals surface area contributed by atoms with Crippen molar-refractivity contribution in [2.75, 3.05) is 0 Å². The number of halogens is 5. The van der Waals surface area contributed by atoms with Gasteiger partial charge in [-0.25, -0.2) is 0 Å². The first-order chi connectivity index (χ1) is 8.82. The van der Waals surface area contributed by atoms with Crippen LogP contribution in [0.3, 0.4) is 0 Å². The Balaban J connectivity index is 2.85. The molecule has 2 nitrogen and oxygen atoms in total. The summed E-state index contributed by atoms with van der Waals surface area (Å²) in [6.45, 7) is 0. The van der Waals surface area contributed by atoms with E-state index in [-0.39, 0.29) is 15.6 Å². The van der Waals surface area contributed by atoms with Crippen LogP contribution >= 0.6 is 23.2 Å². The Kier molecular flexibility index (Phi) is 3.60. The summed E-state index contributed by atoms with van der Waals surface area (Å²) in [6, 6.07) is 5.10. The summed E-state index contributed by atoms with van der Waals surface area (Å²) in [4.78, 5) is 13.8. The maximum atomic E-state index is 13.0. The van der Waals surface area contributed by atoms with Gasteiger partial charge in [0.2, 0.25) is 0 Å². The van der Waals surface area contributed by atoms with Crippen LogP contribution in [0.5, 0.6) is 0 Å². The number of aromatic nitrogens is 1. The molecule has 0 amide bonds. The van der Waals surface area contributed by atoms with E-state index < -0.39 is 22.9 Å². The number of rotatable bonds is 1. The molecule has 0 atom stereocenters. The van der Waals surface area contributed by atoms with Gasteiger partial charge >= 0.3 is 6.18 Å². The standard InChI is InChI=1S/C12H6Cl2F3NO/c13-6-2-1-3-7(14)9(6)11-10(12(15,16)17)8(19)4-5-18-11/h1-5H,(H,18,19). The minimum Gasteiger partial charge on any atom is -0.360 e. The number of nitrogens with one attached hydrogen (secondary N) is 1. The number of H-pyrrole nitrogens is 1. The molecule has 1 aromatic carbocycles. The first-order valence-electron chi connectivity index (χ1n) is 5.05. The van der Waals surface area contributed by atoms with E-state index in [0.717, 1.165) is 12.3 Å². The molecule has 1 aromatic heterocycles. The van der Waals surface area contributed by atoms with Crippen LogP contribution in [0.2, 0.25) is 10.0 Å². The van der Waals surface area contributed by atoms with Gasteiger partial charge in [0.1, 0.15) is 5.56 Å². The quantitative estimate of drug-likeness (QED) is 0.834. The predicted molar refractivity (Wildman–Crippen MR) is 67.5 cm³/mol. The fraction of sp³-hybridized carbons (Fsp3) is 0.0833. The first kappa shape index (κ1) is 14.0. The van der Waals surface area contributed by atoms with E-state index in [2.05, 4.69) is 4.98 Å². The van der Waals surface area contributed by atoms with E-state index in [1.807, 2.05) is 0 Å². The summed E-state index contributed by atoms with van der Waals surface area (Å²) >= 11 is 11.7. The number of pyridine rings is 1. The SMILES string of the molecule is O=c1cc[nH]c(-c2c(Cl)cccc2Cl)c1C(F)(F)F. The van der Waals surface area contributed by atoms with Crippen LogP contribution in [-0.4, -0.2) is 4.98 Å². The summed E-state index contributed by atoms with van der Waals surface area (Å²) in [5.41, 5.74) is -2.94. The molecule has 0 unspecified atom stereocenters. The van der Waals surface area contributed by atoms with Gasteiger partial charge in [-0.05, 0) is 12.1 Å². The van der Waals surface area contributed by atoms with Crippen LogP contribution in [-0.2, 0) is 6.18 Å². The van der Waals surface area contributed by atoms with Gasteiger partial charge in [0, 0.05) is 17.8 Å². The van der Waals surface area contributed by atoms with E-state index in [9.17, 15) is 18.0 Å². The van der Waals surface area contributed by atoms with Crippen LogP contribution in [0.4, 0.5) is 13.2 Å². The highest BCUT2D eigenvalue weighted by Crippen LogP contribution is 2.39. The molecule has 2 rings (SSSR count). The van der Waals surface area contributed by atoms with Gasteiger partial charge in [-0.1, -0.05) is 29.3 Å². The zero-order chi connectivity index (χ0) is 14.2. The number of benzene rings is 1. The van der Waals surface area contributed by atoms with Gasteiger partial charge in [-0.2, -0.15) is 13.2 Å². The van der Waals surface area contributed by atoms with Crippen molar-refractivity contribution in [1.82, 2.24) is 4.98 Å². The van der Waals surface area contributed by atoms with Crippen molar-refractivity contribution in [2.24, 2.45) is 0 Å². The summed E-state index contributed by atoms with van der Waals surface area (Å²) in [5, 5.41) is 0.0553. The number of alkyl halides is 3. The highest BCUT2D eigenvalue weighted by Gasteiger charge is 2.37. The highest BCUT2D eigenvalue weighted by atomic mass is 35.5. The Morgan fingerprint density at radius 3 is 2.16 bits per heavy atom. The van der Waals surface area contributed by atoms with Crippen molar-refractivity contribution in [3.8, 4) is 11.3 Å². The molecule has 0 aliphatic heterocycles. The molecule has 100 valence electrons. The molecule has 1 heterocycles. The molecule has 0 saturated carbocycles. The van der Waals surface area contributed by atoms with Crippen LogP contribution in [0.1, 0.15) is 5.56 Å². The Morgan fingerprint density at radius 2 is 1.63 bits per heavy atom. The average Bonchev–Trinajstić information content (AvgIpc) is 2.26. The number of aromatic amines is 1. The average molecular weight is 308 g/mol. The Labute approximate surface area is 115 Å². The summed E-state index contributed by atoms with van der Waals surface area (Å²) in [6.07, 6.45) is -3.68. The van der Waals surface area contributed by atoms with Crippen LogP contribution < -0.4 is 5.43 Å². The maximum Gasteiger partial charge on any atom is 0.422 e. The molecule has 2 aromatic rings. The Morgan fingerprint density at radius 1 is 1.05 bits per heavy atom. The third kappa shape index (κ3) is 2.62. The first-order valence-corrected chi connectivity index (χ1v) is 5.81. The lowest BCUT2D eigenvalue weighted by atomic mass is 10.0. The van der Waals surface area contributed by atoms with Crippen molar-refractivity contribution >= 4 is 23.2 Å². The monoisotopic (exact) mass is 307 g/mol. The van der Waals surface area contributed by atoms with Gasteiger partial charge in [0.25, 0.3) is 0 Å². The molecule has 0 aliphatic carbocycles. The summed E-state index contributed by atoms with van der Waals surface area (Å²) in [7, 11) is 0. The third-order valence-corrected chi connectivity index (χ3v) is 3.08.